The molecule has 0 amide bonds. The molecule has 0 aliphatic heterocycles. The van der Waals surface area contributed by atoms with Crippen LogP contribution in [0.1, 0.15) is 45.4 Å². The van der Waals surface area contributed by atoms with Gasteiger partial charge in [0, 0.05) is 12.3 Å². The lowest BCUT2D eigenvalue weighted by Crippen LogP contribution is -2.08. The number of rotatable bonds is 4. The van der Waals surface area contributed by atoms with Crippen molar-refractivity contribution in [3.05, 3.63) is 0 Å². The van der Waals surface area contributed by atoms with Gasteiger partial charge in [-0.3, -0.25) is 4.57 Å². The van der Waals surface area contributed by atoms with E-state index in [2.05, 4.69) is 0 Å². The smallest absolute Gasteiger partial charge is 0.200 e. The van der Waals surface area contributed by atoms with E-state index in [-0.39, 0.29) is 0 Å². The molecule has 0 aromatic rings. The molecule has 1 atom stereocenters. The summed E-state index contributed by atoms with van der Waals surface area (Å²) in [6.07, 6.45) is 8.54. The predicted octanol–water partition coefficient (Wildman–Crippen LogP) is 3.25. The molecule has 1 unspecified atom stereocenters. The Bertz CT molecular complexity index is 185. The van der Waals surface area contributed by atoms with Crippen LogP contribution in [0, 0.1) is 5.92 Å². The van der Waals surface area contributed by atoms with E-state index in [9.17, 15) is 9.46 Å². The average Bonchev–Trinajstić information content (AvgIpc) is 2.17. The maximum atomic E-state index is 11.4. The third-order valence-corrected chi connectivity index (χ3v) is 5.05. The summed E-state index contributed by atoms with van der Waals surface area (Å²) in [4.78, 5) is 9.41. The zero-order chi connectivity index (χ0) is 9.73. The third kappa shape index (κ3) is 4.28. The first kappa shape index (κ1) is 11.3. The van der Waals surface area contributed by atoms with Crippen molar-refractivity contribution >= 4 is 7.37 Å². The molecule has 0 bridgehead atoms. The van der Waals surface area contributed by atoms with Gasteiger partial charge in [-0.25, -0.2) is 0 Å². The van der Waals surface area contributed by atoms with Crippen LogP contribution in [0.5, 0.6) is 0 Å². The highest BCUT2D eigenvalue weighted by Crippen LogP contribution is 2.42. The van der Waals surface area contributed by atoms with Crippen LogP contribution in [-0.2, 0) is 4.57 Å². The summed E-state index contributed by atoms with van der Waals surface area (Å²) in [5.41, 5.74) is 0. The fourth-order valence-electron chi connectivity index (χ4n) is 2.02. The van der Waals surface area contributed by atoms with Crippen molar-refractivity contribution in [2.45, 2.75) is 45.4 Å². The number of hydrogen-bond donors (Lipinski definition) is 1. The Kier molecular flexibility index (Phi) is 4.48. The minimum Gasteiger partial charge on any atom is -0.344 e. The molecule has 1 fully saturated rings. The minimum atomic E-state index is -2.74. The lowest BCUT2D eigenvalue weighted by molar-refractivity contribution is 0.346. The third-order valence-electron chi connectivity index (χ3n) is 3.11. The molecular weight excluding hydrogens is 183 g/mol. The molecule has 0 saturated heterocycles. The van der Waals surface area contributed by atoms with Crippen molar-refractivity contribution in [3.8, 4) is 0 Å². The summed E-state index contributed by atoms with van der Waals surface area (Å²) in [6, 6.07) is 0. The maximum absolute atomic E-state index is 11.4. The Balaban J connectivity index is 2.21. The highest BCUT2D eigenvalue weighted by molar-refractivity contribution is 7.57. The molecule has 1 aliphatic carbocycles. The quantitative estimate of drug-likeness (QED) is 0.714. The Morgan fingerprint density at radius 3 is 2.46 bits per heavy atom. The van der Waals surface area contributed by atoms with Crippen molar-refractivity contribution in [1.82, 2.24) is 0 Å². The van der Waals surface area contributed by atoms with E-state index in [0.717, 1.165) is 12.3 Å². The van der Waals surface area contributed by atoms with Gasteiger partial charge < -0.3 is 4.89 Å². The van der Waals surface area contributed by atoms with Crippen molar-refractivity contribution in [2.75, 3.05) is 12.3 Å². The standard InChI is InChI=1S/C10H21O2P/c1-2-13(11,12)9-8-10-6-4-3-5-7-10/h10H,2-9H2,1H3,(H,11,12). The van der Waals surface area contributed by atoms with Gasteiger partial charge in [-0.1, -0.05) is 39.0 Å². The molecule has 3 heteroatoms. The molecule has 2 nitrogen and oxygen atoms in total. The topological polar surface area (TPSA) is 37.3 Å². The van der Waals surface area contributed by atoms with Gasteiger partial charge >= 0.3 is 0 Å². The molecule has 0 spiro atoms. The summed E-state index contributed by atoms with van der Waals surface area (Å²) in [7, 11) is -2.74. The second-order valence-corrected chi connectivity index (χ2v) is 6.95. The summed E-state index contributed by atoms with van der Waals surface area (Å²) in [5.74, 6) is 0.737. The highest BCUT2D eigenvalue weighted by Gasteiger charge is 2.19. The fourth-order valence-corrected chi connectivity index (χ4v) is 3.10. The van der Waals surface area contributed by atoms with Crippen LogP contribution in [-0.4, -0.2) is 17.2 Å². The predicted molar refractivity (Wildman–Crippen MR) is 56.4 cm³/mol. The summed E-state index contributed by atoms with van der Waals surface area (Å²) in [5, 5.41) is 0. The van der Waals surface area contributed by atoms with Crippen molar-refractivity contribution in [2.24, 2.45) is 5.92 Å². The first-order chi connectivity index (χ1) is 6.14. The zero-order valence-electron chi connectivity index (χ0n) is 8.54. The largest absolute Gasteiger partial charge is 0.344 e. The van der Waals surface area contributed by atoms with Gasteiger partial charge in [-0.05, 0) is 12.3 Å². The van der Waals surface area contributed by atoms with Crippen LogP contribution < -0.4 is 0 Å². The van der Waals surface area contributed by atoms with Gasteiger partial charge in [0.25, 0.3) is 0 Å². The lowest BCUT2D eigenvalue weighted by Gasteiger charge is -2.22. The van der Waals surface area contributed by atoms with Crippen molar-refractivity contribution < 1.29 is 9.46 Å². The Morgan fingerprint density at radius 2 is 1.92 bits per heavy atom. The van der Waals surface area contributed by atoms with E-state index in [0.29, 0.717) is 12.3 Å². The first-order valence-corrected chi connectivity index (χ1v) is 7.48. The van der Waals surface area contributed by atoms with Crippen LogP contribution in [0.25, 0.3) is 0 Å². The molecule has 1 rings (SSSR count). The Hall–Kier alpha value is 0.190. The minimum absolute atomic E-state index is 0.444. The molecule has 1 N–H and O–H groups in total. The second kappa shape index (κ2) is 5.17. The van der Waals surface area contributed by atoms with Crippen LogP contribution in [0.15, 0.2) is 0 Å². The van der Waals surface area contributed by atoms with Gasteiger partial charge in [0.05, 0.1) is 0 Å². The Morgan fingerprint density at radius 1 is 1.31 bits per heavy atom. The molecule has 0 aromatic carbocycles. The molecule has 1 saturated carbocycles. The SMILES string of the molecule is CCP(=O)(O)CCC1CCCCC1. The van der Waals surface area contributed by atoms with Gasteiger partial charge in [0.15, 0.2) is 7.37 Å². The van der Waals surface area contributed by atoms with E-state index in [1.54, 1.807) is 0 Å². The summed E-state index contributed by atoms with van der Waals surface area (Å²) >= 11 is 0. The normalized spacial score (nSPS) is 24.2. The first-order valence-electron chi connectivity index (χ1n) is 5.45. The number of hydrogen-bond acceptors (Lipinski definition) is 1. The lowest BCUT2D eigenvalue weighted by atomic mass is 9.88. The van der Waals surface area contributed by atoms with Crippen LogP contribution >= 0.6 is 7.37 Å². The van der Waals surface area contributed by atoms with Crippen LogP contribution in [0.3, 0.4) is 0 Å². The Labute approximate surface area is 81.2 Å². The molecule has 0 aromatic heterocycles. The molecular formula is C10H21O2P. The summed E-state index contributed by atoms with van der Waals surface area (Å²) in [6.45, 7) is 1.81. The molecule has 0 heterocycles. The fraction of sp³-hybridized carbons (Fsp3) is 1.00. The van der Waals surface area contributed by atoms with E-state index in [4.69, 9.17) is 0 Å². The van der Waals surface area contributed by atoms with Gasteiger partial charge in [-0.2, -0.15) is 0 Å². The second-order valence-electron chi connectivity index (χ2n) is 4.18. The molecule has 1 aliphatic rings. The van der Waals surface area contributed by atoms with E-state index in [1.165, 1.54) is 32.1 Å². The monoisotopic (exact) mass is 204 g/mol. The van der Waals surface area contributed by atoms with Crippen molar-refractivity contribution in [1.29, 1.82) is 0 Å². The van der Waals surface area contributed by atoms with Gasteiger partial charge in [-0.15, -0.1) is 0 Å². The van der Waals surface area contributed by atoms with Crippen molar-refractivity contribution in [3.63, 3.8) is 0 Å². The molecule has 78 valence electrons. The van der Waals surface area contributed by atoms with Gasteiger partial charge in [0.2, 0.25) is 0 Å². The average molecular weight is 204 g/mol. The molecule has 0 radical (unpaired) electrons. The van der Waals surface area contributed by atoms with Crippen LogP contribution in [0.2, 0.25) is 0 Å². The van der Waals surface area contributed by atoms with E-state index in [1.807, 2.05) is 6.92 Å². The van der Waals surface area contributed by atoms with E-state index < -0.39 is 7.37 Å². The maximum Gasteiger partial charge on any atom is 0.200 e. The molecule has 13 heavy (non-hydrogen) atoms. The highest BCUT2D eigenvalue weighted by atomic mass is 31.2. The van der Waals surface area contributed by atoms with Gasteiger partial charge in [0.1, 0.15) is 0 Å². The zero-order valence-corrected chi connectivity index (χ0v) is 9.43. The van der Waals surface area contributed by atoms with Crippen LogP contribution in [0.4, 0.5) is 0 Å². The van der Waals surface area contributed by atoms with E-state index >= 15 is 0 Å². The summed E-state index contributed by atoms with van der Waals surface area (Å²) < 4.78 is 11.4.